The molecule has 0 heterocycles. The van der Waals surface area contributed by atoms with Crippen molar-refractivity contribution in [2.75, 3.05) is 27.9 Å². The Morgan fingerprint density at radius 2 is 1.50 bits per heavy atom. The van der Waals surface area contributed by atoms with Crippen LogP contribution in [0.15, 0.2) is 41.3 Å². The van der Waals surface area contributed by atoms with Crippen LogP contribution in [0.4, 0.5) is 0 Å². The molecule has 0 aliphatic carbocycles. The van der Waals surface area contributed by atoms with Gasteiger partial charge in [0.05, 0.1) is 32.8 Å². The molecule has 10 heteroatoms. The zero-order chi connectivity index (χ0) is 20.7. The predicted molar refractivity (Wildman–Crippen MR) is 101 cm³/mol. The molecular formula is C18H22N2O7S. The summed E-state index contributed by atoms with van der Waals surface area (Å²) in [6.07, 6.45) is 0. The van der Waals surface area contributed by atoms with E-state index in [4.69, 9.17) is 18.9 Å². The third-order valence-electron chi connectivity index (χ3n) is 3.69. The minimum atomic E-state index is -4.03. The van der Waals surface area contributed by atoms with Crippen molar-refractivity contribution in [3.05, 3.63) is 42.0 Å². The molecule has 2 rings (SSSR count). The molecule has 0 aliphatic rings. The molecule has 2 aromatic rings. The Hall–Kier alpha value is -2.98. The summed E-state index contributed by atoms with van der Waals surface area (Å²) in [5.74, 6) is 0.801. The van der Waals surface area contributed by atoms with Gasteiger partial charge in [0, 0.05) is 11.6 Å². The quantitative estimate of drug-likeness (QED) is 0.606. The lowest BCUT2D eigenvalue weighted by Crippen LogP contribution is -2.41. The number of carbonyl (C=O) groups excluding carboxylic acids is 1. The van der Waals surface area contributed by atoms with E-state index in [1.807, 2.05) is 11.8 Å². The van der Waals surface area contributed by atoms with E-state index in [9.17, 15) is 13.2 Å². The summed E-state index contributed by atoms with van der Waals surface area (Å²) in [6, 6.07) is 8.58. The Morgan fingerprint density at radius 1 is 0.893 bits per heavy atom. The summed E-state index contributed by atoms with van der Waals surface area (Å²) in [5.41, 5.74) is 2.35. The van der Waals surface area contributed by atoms with E-state index in [1.54, 1.807) is 6.07 Å². The number of hydrazine groups is 1. The highest BCUT2D eigenvalue weighted by Crippen LogP contribution is 2.29. The van der Waals surface area contributed by atoms with Gasteiger partial charge in [-0.25, -0.2) is 8.42 Å². The molecule has 0 aromatic heterocycles. The standard InChI is InChI=1S/C18H22N2O7S/c1-5-27-15-8-6-12(10-16(15)25-3)18(21)19-20-28(22,23)13-7-9-14(24-2)17(11-13)26-4/h6-11,20H,5H2,1-4H3,(H,19,21). The Kier molecular flexibility index (Phi) is 7.07. The maximum atomic E-state index is 12.4. The molecule has 0 unspecified atom stereocenters. The molecule has 1 amide bonds. The van der Waals surface area contributed by atoms with Crippen LogP contribution in [0.25, 0.3) is 0 Å². The van der Waals surface area contributed by atoms with Crippen molar-refractivity contribution in [2.24, 2.45) is 0 Å². The fourth-order valence-electron chi connectivity index (χ4n) is 2.31. The lowest BCUT2D eigenvalue weighted by molar-refractivity contribution is 0.0944. The largest absolute Gasteiger partial charge is 0.493 e. The smallest absolute Gasteiger partial charge is 0.266 e. The van der Waals surface area contributed by atoms with Gasteiger partial charge in [0.1, 0.15) is 0 Å². The van der Waals surface area contributed by atoms with Gasteiger partial charge in [0.2, 0.25) is 0 Å². The maximum Gasteiger partial charge on any atom is 0.266 e. The zero-order valence-electron chi connectivity index (χ0n) is 15.9. The Morgan fingerprint density at radius 3 is 2.11 bits per heavy atom. The highest BCUT2D eigenvalue weighted by atomic mass is 32.2. The molecule has 9 nitrogen and oxygen atoms in total. The van der Waals surface area contributed by atoms with Crippen molar-refractivity contribution in [1.29, 1.82) is 0 Å². The van der Waals surface area contributed by atoms with Gasteiger partial charge < -0.3 is 18.9 Å². The number of nitrogens with one attached hydrogen (secondary N) is 2. The molecule has 0 bridgehead atoms. The van der Waals surface area contributed by atoms with Crippen LogP contribution < -0.4 is 29.2 Å². The van der Waals surface area contributed by atoms with Gasteiger partial charge in [-0.15, -0.1) is 4.83 Å². The molecule has 0 saturated heterocycles. The molecule has 0 aliphatic heterocycles. The molecule has 2 N–H and O–H groups in total. The predicted octanol–water partition coefficient (Wildman–Crippen LogP) is 1.73. The second-order valence-electron chi connectivity index (χ2n) is 5.38. The summed E-state index contributed by atoms with van der Waals surface area (Å²) in [7, 11) is 0.249. The third-order valence-corrected chi connectivity index (χ3v) is 4.94. The van der Waals surface area contributed by atoms with E-state index < -0.39 is 15.9 Å². The molecule has 0 radical (unpaired) electrons. The van der Waals surface area contributed by atoms with Crippen molar-refractivity contribution in [1.82, 2.24) is 10.3 Å². The minimum absolute atomic E-state index is 0.102. The maximum absolute atomic E-state index is 12.4. The number of sulfonamides is 1. The third kappa shape index (κ3) is 4.84. The minimum Gasteiger partial charge on any atom is -0.493 e. The van der Waals surface area contributed by atoms with Gasteiger partial charge >= 0.3 is 0 Å². The zero-order valence-corrected chi connectivity index (χ0v) is 16.8. The molecule has 2 aromatic carbocycles. The molecule has 0 saturated carbocycles. The number of hydrogen-bond donors (Lipinski definition) is 2. The summed E-state index contributed by atoms with van der Waals surface area (Å²) in [6.45, 7) is 2.26. The summed E-state index contributed by atoms with van der Waals surface area (Å²) in [4.78, 5) is 14.2. The second kappa shape index (κ2) is 9.29. The number of carbonyl (C=O) groups is 1. The van der Waals surface area contributed by atoms with Gasteiger partial charge in [0.25, 0.3) is 15.9 Å². The fourth-order valence-corrected chi connectivity index (χ4v) is 3.17. The number of methoxy groups -OCH3 is 3. The lowest BCUT2D eigenvalue weighted by Gasteiger charge is -2.13. The van der Waals surface area contributed by atoms with Gasteiger partial charge in [-0.3, -0.25) is 10.2 Å². The lowest BCUT2D eigenvalue weighted by atomic mass is 10.2. The normalized spacial score (nSPS) is 10.9. The van der Waals surface area contributed by atoms with Crippen LogP contribution in [-0.2, 0) is 10.0 Å². The molecule has 0 atom stereocenters. The Bertz CT molecular complexity index is 945. The highest BCUT2D eigenvalue weighted by molar-refractivity contribution is 7.89. The Labute approximate surface area is 163 Å². The van der Waals surface area contributed by atoms with Gasteiger partial charge in [-0.05, 0) is 37.3 Å². The number of ether oxygens (including phenoxy) is 4. The van der Waals surface area contributed by atoms with Gasteiger partial charge in [-0.1, -0.05) is 0 Å². The van der Waals surface area contributed by atoms with Crippen molar-refractivity contribution < 1.29 is 32.2 Å². The van der Waals surface area contributed by atoms with Gasteiger partial charge in [-0.2, -0.15) is 0 Å². The number of amides is 1. The first kappa shape index (κ1) is 21.3. The van der Waals surface area contributed by atoms with Crippen LogP contribution in [0.3, 0.4) is 0 Å². The SMILES string of the molecule is CCOc1ccc(C(=O)NNS(=O)(=O)c2ccc(OC)c(OC)c2)cc1OC. The molecule has 28 heavy (non-hydrogen) atoms. The van der Waals surface area contributed by atoms with E-state index in [0.29, 0.717) is 23.9 Å². The van der Waals surface area contributed by atoms with Crippen LogP contribution in [0, 0.1) is 0 Å². The van der Waals surface area contributed by atoms with Crippen LogP contribution in [-0.4, -0.2) is 42.3 Å². The number of rotatable bonds is 9. The summed E-state index contributed by atoms with van der Waals surface area (Å²) < 4.78 is 45.6. The summed E-state index contributed by atoms with van der Waals surface area (Å²) in [5, 5.41) is 0. The fraction of sp³-hybridized carbons (Fsp3) is 0.278. The Balaban J connectivity index is 2.15. The van der Waals surface area contributed by atoms with Crippen molar-refractivity contribution in [2.45, 2.75) is 11.8 Å². The van der Waals surface area contributed by atoms with Crippen LogP contribution in [0.1, 0.15) is 17.3 Å². The molecule has 0 fully saturated rings. The monoisotopic (exact) mass is 410 g/mol. The number of hydrogen-bond acceptors (Lipinski definition) is 7. The second-order valence-corrected chi connectivity index (χ2v) is 7.06. The highest BCUT2D eigenvalue weighted by Gasteiger charge is 2.19. The number of benzene rings is 2. The first-order chi connectivity index (χ1) is 13.4. The molecule has 152 valence electrons. The topological polar surface area (TPSA) is 112 Å². The molecular weight excluding hydrogens is 388 g/mol. The van der Waals surface area contributed by atoms with E-state index in [0.717, 1.165) is 0 Å². The van der Waals surface area contributed by atoms with Crippen LogP contribution in [0.2, 0.25) is 0 Å². The van der Waals surface area contributed by atoms with Crippen LogP contribution in [0.5, 0.6) is 23.0 Å². The van der Waals surface area contributed by atoms with Crippen molar-refractivity contribution in [3.8, 4) is 23.0 Å². The van der Waals surface area contributed by atoms with Gasteiger partial charge in [0.15, 0.2) is 23.0 Å². The van der Waals surface area contributed by atoms with E-state index in [2.05, 4.69) is 5.43 Å². The average molecular weight is 410 g/mol. The van der Waals surface area contributed by atoms with Crippen molar-refractivity contribution in [3.63, 3.8) is 0 Å². The first-order valence-electron chi connectivity index (χ1n) is 8.21. The average Bonchev–Trinajstić information content (AvgIpc) is 2.71. The first-order valence-corrected chi connectivity index (χ1v) is 9.69. The van der Waals surface area contributed by atoms with E-state index in [1.165, 1.54) is 51.7 Å². The summed E-state index contributed by atoms with van der Waals surface area (Å²) >= 11 is 0. The van der Waals surface area contributed by atoms with E-state index >= 15 is 0 Å². The van der Waals surface area contributed by atoms with Crippen LogP contribution >= 0.6 is 0 Å². The van der Waals surface area contributed by atoms with E-state index in [-0.39, 0.29) is 16.2 Å². The van der Waals surface area contributed by atoms with Crippen molar-refractivity contribution >= 4 is 15.9 Å². The molecule has 0 spiro atoms.